The predicted octanol–water partition coefficient (Wildman–Crippen LogP) is 2.10. The van der Waals surface area contributed by atoms with E-state index in [4.69, 9.17) is 0 Å². The summed E-state index contributed by atoms with van der Waals surface area (Å²) in [6.45, 7) is 3.75. The average Bonchev–Trinajstić information content (AvgIpc) is 2.56. The predicted molar refractivity (Wildman–Crippen MR) is 72.3 cm³/mol. The highest BCUT2D eigenvalue weighted by atomic mass is 16.3. The van der Waals surface area contributed by atoms with Gasteiger partial charge in [-0.1, -0.05) is 39.5 Å². The van der Waals surface area contributed by atoms with Gasteiger partial charge in [-0.25, -0.2) is 0 Å². The minimum absolute atomic E-state index is 0.0212. The SMILES string of the molecule is CC(C)C(CO)N1C(=O)CC2(CCCCCC2)C1=O. The quantitative estimate of drug-likeness (QED) is 0.797. The number of rotatable bonds is 3. The highest BCUT2D eigenvalue weighted by molar-refractivity contribution is 6.06. The standard InChI is InChI=1S/C15H25NO3/c1-11(2)12(10-17)16-13(18)9-15(14(16)19)7-5-3-4-6-8-15/h11-12,17H,3-10H2,1-2H3. The van der Waals surface area contributed by atoms with E-state index in [0.717, 1.165) is 38.5 Å². The summed E-state index contributed by atoms with van der Waals surface area (Å²) >= 11 is 0. The van der Waals surface area contributed by atoms with Gasteiger partial charge in [-0.3, -0.25) is 14.5 Å². The number of aliphatic hydroxyl groups is 1. The molecule has 1 N–H and O–H groups in total. The molecule has 2 aliphatic rings. The van der Waals surface area contributed by atoms with Crippen LogP contribution in [0.3, 0.4) is 0 Å². The van der Waals surface area contributed by atoms with Crippen molar-refractivity contribution in [2.45, 2.75) is 64.8 Å². The zero-order valence-corrected chi connectivity index (χ0v) is 12.0. The van der Waals surface area contributed by atoms with Gasteiger partial charge >= 0.3 is 0 Å². The Morgan fingerprint density at radius 3 is 2.21 bits per heavy atom. The van der Waals surface area contributed by atoms with Crippen LogP contribution in [-0.4, -0.2) is 34.5 Å². The second-order valence-electron chi connectivity index (χ2n) is 6.43. The number of carbonyl (C=O) groups excluding carboxylic acids is 2. The first-order valence-corrected chi connectivity index (χ1v) is 7.49. The summed E-state index contributed by atoms with van der Waals surface area (Å²) < 4.78 is 0. The summed E-state index contributed by atoms with van der Waals surface area (Å²) in [5.41, 5.74) is -0.449. The van der Waals surface area contributed by atoms with Gasteiger partial charge in [-0.15, -0.1) is 0 Å². The molecule has 0 aromatic carbocycles. The number of hydrogen-bond acceptors (Lipinski definition) is 3. The van der Waals surface area contributed by atoms with E-state index in [1.165, 1.54) is 4.90 Å². The van der Waals surface area contributed by atoms with Crippen LogP contribution in [0.1, 0.15) is 58.8 Å². The van der Waals surface area contributed by atoms with Crippen molar-refractivity contribution in [3.63, 3.8) is 0 Å². The fraction of sp³-hybridized carbons (Fsp3) is 0.867. The first-order valence-electron chi connectivity index (χ1n) is 7.49. The molecule has 0 radical (unpaired) electrons. The van der Waals surface area contributed by atoms with Crippen LogP contribution in [0.5, 0.6) is 0 Å². The Morgan fingerprint density at radius 2 is 1.74 bits per heavy atom. The number of nitrogens with zero attached hydrogens (tertiary/aromatic N) is 1. The number of carbonyl (C=O) groups is 2. The zero-order chi connectivity index (χ0) is 14.0. The Hall–Kier alpha value is -0.900. The molecule has 4 heteroatoms. The van der Waals surface area contributed by atoms with E-state index in [2.05, 4.69) is 0 Å². The lowest BCUT2D eigenvalue weighted by atomic mass is 9.79. The number of likely N-dealkylation sites (tertiary alicyclic amines) is 1. The van der Waals surface area contributed by atoms with Gasteiger partial charge in [-0.2, -0.15) is 0 Å². The molecule has 0 aromatic heterocycles. The largest absolute Gasteiger partial charge is 0.394 e. The number of aliphatic hydroxyl groups excluding tert-OH is 1. The molecule has 1 saturated heterocycles. The molecular formula is C15H25NO3. The van der Waals surface area contributed by atoms with Crippen molar-refractivity contribution in [3.05, 3.63) is 0 Å². The Balaban J connectivity index is 2.24. The monoisotopic (exact) mass is 267 g/mol. The maximum Gasteiger partial charge on any atom is 0.236 e. The Labute approximate surface area is 115 Å². The van der Waals surface area contributed by atoms with E-state index in [1.807, 2.05) is 13.8 Å². The lowest BCUT2D eigenvalue weighted by molar-refractivity contribution is -0.146. The third-order valence-corrected chi connectivity index (χ3v) is 4.78. The maximum atomic E-state index is 12.7. The molecule has 1 unspecified atom stereocenters. The van der Waals surface area contributed by atoms with Crippen molar-refractivity contribution in [2.75, 3.05) is 6.61 Å². The van der Waals surface area contributed by atoms with Gasteiger partial charge in [0.1, 0.15) is 0 Å². The normalized spacial score (nSPS) is 25.2. The topological polar surface area (TPSA) is 57.6 Å². The summed E-state index contributed by atoms with van der Waals surface area (Å²) in [4.78, 5) is 26.4. The Morgan fingerprint density at radius 1 is 1.16 bits per heavy atom. The van der Waals surface area contributed by atoms with Crippen LogP contribution in [0, 0.1) is 11.3 Å². The molecule has 4 nitrogen and oxygen atoms in total. The first-order chi connectivity index (χ1) is 9.02. The van der Waals surface area contributed by atoms with E-state index in [0.29, 0.717) is 6.42 Å². The van der Waals surface area contributed by atoms with E-state index in [9.17, 15) is 14.7 Å². The molecule has 1 atom stereocenters. The van der Waals surface area contributed by atoms with Gasteiger partial charge in [0.15, 0.2) is 0 Å². The van der Waals surface area contributed by atoms with E-state index >= 15 is 0 Å². The van der Waals surface area contributed by atoms with Gasteiger partial charge in [-0.05, 0) is 18.8 Å². The van der Waals surface area contributed by atoms with Crippen LogP contribution in [0.2, 0.25) is 0 Å². The smallest absolute Gasteiger partial charge is 0.236 e. The third kappa shape index (κ3) is 2.55. The highest BCUT2D eigenvalue weighted by Crippen LogP contribution is 2.45. The lowest BCUT2D eigenvalue weighted by Crippen LogP contribution is -2.47. The van der Waals surface area contributed by atoms with Gasteiger partial charge in [0.2, 0.25) is 11.8 Å². The third-order valence-electron chi connectivity index (χ3n) is 4.78. The van der Waals surface area contributed by atoms with Crippen molar-refractivity contribution in [1.82, 2.24) is 4.90 Å². The van der Waals surface area contributed by atoms with Gasteiger partial charge < -0.3 is 5.11 Å². The second-order valence-corrected chi connectivity index (χ2v) is 6.43. The summed E-state index contributed by atoms with van der Waals surface area (Å²) in [5, 5.41) is 9.49. The molecule has 2 amide bonds. The van der Waals surface area contributed by atoms with E-state index < -0.39 is 5.41 Å². The molecule has 0 aromatic rings. The van der Waals surface area contributed by atoms with Crippen molar-refractivity contribution in [3.8, 4) is 0 Å². The van der Waals surface area contributed by atoms with Crippen LogP contribution in [0.4, 0.5) is 0 Å². The fourth-order valence-electron chi connectivity index (χ4n) is 3.54. The molecule has 1 spiro atoms. The van der Waals surface area contributed by atoms with Gasteiger partial charge in [0.05, 0.1) is 18.1 Å². The highest BCUT2D eigenvalue weighted by Gasteiger charge is 2.53. The summed E-state index contributed by atoms with van der Waals surface area (Å²) in [6.07, 6.45) is 6.44. The lowest BCUT2D eigenvalue weighted by Gasteiger charge is -2.31. The zero-order valence-electron chi connectivity index (χ0n) is 12.0. The summed E-state index contributed by atoms with van der Waals surface area (Å²) in [7, 11) is 0. The first kappa shape index (κ1) is 14.5. The molecule has 2 rings (SSSR count). The maximum absolute atomic E-state index is 12.7. The molecule has 1 saturated carbocycles. The number of amides is 2. The minimum Gasteiger partial charge on any atom is -0.394 e. The molecule has 108 valence electrons. The molecule has 1 aliphatic carbocycles. The Bertz CT molecular complexity index is 356. The fourth-order valence-corrected chi connectivity index (χ4v) is 3.54. The summed E-state index contributed by atoms with van der Waals surface area (Å²) in [6, 6.07) is -0.359. The average molecular weight is 267 g/mol. The summed E-state index contributed by atoms with van der Waals surface area (Å²) in [5.74, 6) is -0.00868. The van der Waals surface area contributed by atoms with E-state index in [-0.39, 0.29) is 30.4 Å². The second kappa shape index (κ2) is 5.61. The van der Waals surface area contributed by atoms with Crippen molar-refractivity contribution < 1.29 is 14.7 Å². The van der Waals surface area contributed by atoms with Crippen LogP contribution < -0.4 is 0 Å². The van der Waals surface area contributed by atoms with Crippen LogP contribution >= 0.6 is 0 Å². The molecular weight excluding hydrogens is 242 g/mol. The van der Waals surface area contributed by atoms with Crippen LogP contribution in [-0.2, 0) is 9.59 Å². The van der Waals surface area contributed by atoms with Gasteiger partial charge in [0, 0.05) is 6.42 Å². The molecule has 1 heterocycles. The van der Waals surface area contributed by atoms with Crippen molar-refractivity contribution in [1.29, 1.82) is 0 Å². The van der Waals surface area contributed by atoms with Crippen molar-refractivity contribution >= 4 is 11.8 Å². The van der Waals surface area contributed by atoms with Crippen LogP contribution in [0.15, 0.2) is 0 Å². The number of imide groups is 1. The molecule has 0 bridgehead atoms. The van der Waals surface area contributed by atoms with E-state index in [1.54, 1.807) is 0 Å². The minimum atomic E-state index is -0.449. The van der Waals surface area contributed by atoms with Crippen molar-refractivity contribution in [2.24, 2.45) is 11.3 Å². The molecule has 19 heavy (non-hydrogen) atoms. The molecule has 2 fully saturated rings. The Kier molecular flexibility index (Phi) is 4.29. The van der Waals surface area contributed by atoms with Crippen LogP contribution in [0.25, 0.3) is 0 Å². The number of hydrogen-bond donors (Lipinski definition) is 1. The van der Waals surface area contributed by atoms with Gasteiger partial charge in [0.25, 0.3) is 0 Å². The molecule has 1 aliphatic heterocycles.